The number of nitrogen functional groups attached to an aromatic ring is 1. The van der Waals surface area contributed by atoms with Gasteiger partial charge in [0.05, 0.1) is 17.3 Å². The van der Waals surface area contributed by atoms with Crippen LogP contribution in [0.4, 0.5) is 5.69 Å². The summed E-state index contributed by atoms with van der Waals surface area (Å²) in [5, 5.41) is 0.330. The number of hydrogen-bond donors (Lipinski definition) is 1. The van der Waals surface area contributed by atoms with Crippen molar-refractivity contribution < 1.29 is 9.53 Å². The van der Waals surface area contributed by atoms with Crippen LogP contribution >= 0.6 is 23.4 Å². The SMILES string of the molecule is CCOC(=O)c1c(Cl)ccc(SCC)c1N. The third kappa shape index (κ3) is 2.83. The Hall–Kier alpha value is -0.870. The van der Waals surface area contributed by atoms with Crippen LogP contribution in [0.2, 0.25) is 5.02 Å². The standard InChI is InChI=1S/C11H14ClNO2S/c1-3-15-11(14)9-7(12)5-6-8(10(9)13)16-4-2/h5-6H,3-4,13H2,1-2H3. The lowest BCUT2D eigenvalue weighted by molar-refractivity contribution is 0.0527. The highest BCUT2D eigenvalue weighted by molar-refractivity contribution is 7.99. The van der Waals surface area contributed by atoms with Gasteiger partial charge >= 0.3 is 5.97 Å². The van der Waals surface area contributed by atoms with E-state index in [-0.39, 0.29) is 5.56 Å². The van der Waals surface area contributed by atoms with Crippen LogP contribution in [0.15, 0.2) is 17.0 Å². The summed E-state index contributed by atoms with van der Waals surface area (Å²) in [5.41, 5.74) is 6.56. The third-order valence-electron chi connectivity index (χ3n) is 1.93. The molecule has 5 heteroatoms. The highest BCUT2D eigenvalue weighted by Gasteiger charge is 2.17. The van der Waals surface area contributed by atoms with Gasteiger partial charge in [-0.2, -0.15) is 0 Å². The summed E-state index contributed by atoms with van der Waals surface area (Å²) in [6.07, 6.45) is 0. The Bertz CT molecular complexity index is 396. The molecule has 1 aromatic carbocycles. The highest BCUT2D eigenvalue weighted by Crippen LogP contribution is 2.32. The molecular formula is C11H14ClNO2S. The lowest BCUT2D eigenvalue weighted by atomic mass is 10.2. The van der Waals surface area contributed by atoms with Gasteiger partial charge in [0.15, 0.2) is 0 Å². The molecule has 0 aliphatic carbocycles. The lowest BCUT2D eigenvalue weighted by Crippen LogP contribution is -2.09. The number of benzene rings is 1. The topological polar surface area (TPSA) is 52.3 Å². The molecule has 0 heterocycles. The van der Waals surface area contributed by atoms with Crippen molar-refractivity contribution in [3.8, 4) is 0 Å². The van der Waals surface area contributed by atoms with E-state index in [0.29, 0.717) is 17.3 Å². The van der Waals surface area contributed by atoms with Crippen LogP contribution in [0.3, 0.4) is 0 Å². The molecule has 0 aliphatic rings. The zero-order chi connectivity index (χ0) is 12.1. The fourth-order valence-electron chi connectivity index (χ4n) is 1.27. The molecule has 0 aliphatic heterocycles. The van der Waals surface area contributed by atoms with Gasteiger partial charge in [-0.05, 0) is 24.8 Å². The van der Waals surface area contributed by atoms with Crippen LogP contribution < -0.4 is 5.73 Å². The molecule has 0 unspecified atom stereocenters. The first-order chi connectivity index (χ1) is 7.61. The molecule has 0 amide bonds. The van der Waals surface area contributed by atoms with Gasteiger partial charge in [0.2, 0.25) is 0 Å². The van der Waals surface area contributed by atoms with Crippen LogP contribution in [-0.2, 0) is 4.74 Å². The van der Waals surface area contributed by atoms with Crippen LogP contribution in [0.25, 0.3) is 0 Å². The minimum Gasteiger partial charge on any atom is -0.462 e. The van der Waals surface area contributed by atoms with E-state index in [1.807, 2.05) is 13.0 Å². The molecule has 0 saturated heterocycles. The van der Waals surface area contributed by atoms with Crippen molar-refractivity contribution in [3.05, 3.63) is 22.7 Å². The summed E-state index contributed by atoms with van der Waals surface area (Å²) in [6, 6.07) is 3.48. The smallest absolute Gasteiger partial charge is 0.341 e. The van der Waals surface area contributed by atoms with Gasteiger partial charge < -0.3 is 10.5 Å². The van der Waals surface area contributed by atoms with Crippen molar-refractivity contribution in [1.82, 2.24) is 0 Å². The molecule has 88 valence electrons. The van der Waals surface area contributed by atoms with E-state index in [9.17, 15) is 4.79 Å². The Labute approximate surface area is 104 Å². The van der Waals surface area contributed by atoms with Crippen molar-refractivity contribution in [2.24, 2.45) is 0 Å². The number of anilines is 1. The average Bonchev–Trinajstić information content (AvgIpc) is 2.23. The average molecular weight is 260 g/mol. The molecule has 1 aromatic rings. The number of rotatable bonds is 4. The molecular weight excluding hydrogens is 246 g/mol. The Balaban J connectivity index is 3.15. The van der Waals surface area contributed by atoms with Crippen LogP contribution in [-0.4, -0.2) is 18.3 Å². The number of esters is 1. The van der Waals surface area contributed by atoms with Crippen molar-refractivity contribution in [3.63, 3.8) is 0 Å². The molecule has 0 saturated carbocycles. The number of hydrogen-bond acceptors (Lipinski definition) is 4. The number of carbonyl (C=O) groups excluding carboxylic acids is 1. The molecule has 0 spiro atoms. The first-order valence-corrected chi connectivity index (χ1v) is 6.36. The van der Waals surface area contributed by atoms with Crippen molar-refractivity contribution >= 4 is 35.0 Å². The second kappa shape index (κ2) is 6.01. The van der Waals surface area contributed by atoms with Gasteiger partial charge in [-0.3, -0.25) is 0 Å². The van der Waals surface area contributed by atoms with Gasteiger partial charge in [-0.15, -0.1) is 11.8 Å². The first kappa shape index (κ1) is 13.2. The van der Waals surface area contributed by atoms with Gasteiger partial charge in [0.25, 0.3) is 0 Å². The molecule has 0 radical (unpaired) electrons. The molecule has 0 atom stereocenters. The van der Waals surface area contributed by atoms with Crippen LogP contribution in [0.5, 0.6) is 0 Å². The summed E-state index contributed by atoms with van der Waals surface area (Å²) in [7, 11) is 0. The van der Waals surface area contributed by atoms with Crippen LogP contribution in [0, 0.1) is 0 Å². The van der Waals surface area contributed by atoms with Crippen molar-refractivity contribution in [2.75, 3.05) is 18.1 Å². The fourth-order valence-corrected chi connectivity index (χ4v) is 2.24. The summed E-state index contributed by atoms with van der Waals surface area (Å²) >= 11 is 7.51. The number of carbonyl (C=O) groups is 1. The second-order valence-corrected chi connectivity index (χ2v) is 4.70. The van der Waals surface area contributed by atoms with Gasteiger partial charge in [0.1, 0.15) is 5.56 Å². The number of halogens is 1. The normalized spacial score (nSPS) is 10.2. The number of nitrogens with two attached hydrogens (primary N) is 1. The zero-order valence-corrected chi connectivity index (χ0v) is 10.8. The molecule has 16 heavy (non-hydrogen) atoms. The minimum atomic E-state index is -0.469. The van der Waals surface area contributed by atoms with Gasteiger partial charge in [-0.25, -0.2) is 4.79 Å². The van der Waals surface area contributed by atoms with E-state index in [1.165, 1.54) is 0 Å². The van der Waals surface area contributed by atoms with E-state index in [1.54, 1.807) is 24.8 Å². The Kier molecular flexibility index (Phi) is 4.96. The summed E-state index contributed by atoms with van der Waals surface area (Å²) in [6.45, 7) is 4.06. The lowest BCUT2D eigenvalue weighted by Gasteiger charge is -2.11. The zero-order valence-electron chi connectivity index (χ0n) is 9.25. The molecule has 0 aromatic heterocycles. The Morgan fingerprint density at radius 3 is 2.75 bits per heavy atom. The second-order valence-electron chi connectivity index (χ2n) is 2.99. The number of ether oxygens (including phenoxy) is 1. The first-order valence-electron chi connectivity index (χ1n) is 4.99. The van der Waals surface area contributed by atoms with Crippen molar-refractivity contribution in [2.45, 2.75) is 18.7 Å². The van der Waals surface area contributed by atoms with Gasteiger partial charge in [-0.1, -0.05) is 18.5 Å². The highest BCUT2D eigenvalue weighted by atomic mass is 35.5. The molecule has 1 rings (SSSR count). The monoisotopic (exact) mass is 259 g/mol. The molecule has 0 fully saturated rings. The quantitative estimate of drug-likeness (QED) is 0.513. The van der Waals surface area contributed by atoms with E-state index in [0.717, 1.165) is 10.6 Å². The fraction of sp³-hybridized carbons (Fsp3) is 0.364. The van der Waals surface area contributed by atoms with E-state index in [4.69, 9.17) is 22.1 Å². The maximum absolute atomic E-state index is 11.6. The predicted molar refractivity (Wildman–Crippen MR) is 68.2 cm³/mol. The van der Waals surface area contributed by atoms with E-state index in [2.05, 4.69) is 0 Å². The summed E-state index contributed by atoms with van der Waals surface area (Å²) in [4.78, 5) is 12.5. The largest absolute Gasteiger partial charge is 0.462 e. The maximum atomic E-state index is 11.6. The third-order valence-corrected chi connectivity index (χ3v) is 3.20. The van der Waals surface area contributed by atoms with Gasteiger partial charge in [0, 0.05) is 4.90 Å². The Morgan fingerprint density at radius 1 is 1.50 bits per heavy atom. The molecule has 3 nitrogen and oxygen atoms in total. The molecule has 0 bridgehead atoms. The molecule has 2 N–H and O–H groups in total. The van der Waals surface area contributed by atoms with E-state index < -0.39 is 5.97 Å². The number of thioether (sulfide) groups is 1. The van der Waals surface area contributed by atoms with Crippen molar-refractivity contribution in [1.29, 1.82) is 0 Å². The summed E-state index contributed by atoms with van der Waals surface area (Å²) < 4.78 is 4.91. The van der Waals surface area contributed by atoms with Crippen LogP contribution in [0.1, 0.15) is 24.2 Å². The minimum absolute atomic E-state index is 0.266. The van der Waals surface area contributed by atoms with E-state index >= 15 is 0 Å². The maximum Gasteiger partial charge on any atom is 0.341 e. The Morgan fingerprint density at radius 2 is 2.19 bits per heavy atom. The predicted octanol–water partition coefficient (Wildman–Crippen LogP) is 3.21. The summed E-state index contributed by atoms with van der Waals surface area (Å²) in [5.74, 6) is 0.414.